The standard InChI is InChI=1S/C19H20F4N6O2/c1-9-15(23)16(31-3)27-19(26-9)29-5-4-25-18(24)28(2)17(30)11(8-29)10-6-13(21)14(22)7-12(10)20/h6-7,11H,4-5,8H2,1-3H3,(H2,24,25)/t11-/m1/s1. The largest absolute Gasteiger partial charge is 0.479 e. The number of carbonyl (C=O) groups excluding carboxylic acids is 1. The van der Waals surface area contributed by atoms with Crippen LogP contribution in [0.5, 0.6) is 5.88 Å². The third-order valence-corrected chi connectivity index (χ3v) is 4.91. The fraction of sp³-hybridized carbons (Fsp3) is 0.368. The molecule has 1 fully saturated rings. The van der Waals surface area contributed by atoms with Gasteiger partial charge in [-0.1, -0.05) is 0 Å². The van der Waals surface area contributed by atoms with Crippen LogP contribution in [0.15, 0.2) is 12.1 Å². The van der Waals surface area contributed by atoms with Crippen molar-refractivity contribution in [2.24, 2.45) is 0 Å². The third-order valence-electron chi connectivity index (χ3n) is 4.91. The molecular weight excluding hydrogens is 420 g/mol. The molecule has 8 nitrogen and oxygen atoms in total. The topological polar surface area (TPSA) is 94.4 Å². The zero-order valence-electron chi connectivity index (χ0n) is 17.0. The average molecular weight is 440 g/mol. The van der Waals surface area contributed by atoms with Gasteiger partial charge in [-0.05, 0) is 13.0 Å². The number of nitrogens with zero attached hydrogens (tertiary/aromatic N) is 4. The van der Waals surface area contributed by atoms with E-state index in [1.54, 1.807) is 0 Å². The van der Waals surface area contributed by atoms with Crippen molar-refractivity contribution in [2.75, 3.05) is 38.7 Å². The number of nitrogens with one attached hydrogen (secondary N) is 2. The zero-order valence-corrected chi connectivity index (χ0v) is 17.0. The second-order valence-electron chi connectivity index (χ2n) is 6.89. The van der Waals surface area contributed by atoms with Crippen molar-refractivity contribution in [1.29, 1.82) is 5.41 Å². The highest BCUT2D eigenvalue weighted by Gasteiger charge is 2.33. The van der Waals surface area contributed by atoms with E-state index in [1.807, 2.05) is 0 Å². The number of anilines is 1. The molecule has 0 saturated carbocycles. The molecule has 3 rings (SSSR count). The number of methoxy groups -OCH3 is 1. The van der Waals surface area contributed by atoms with E-state index in [4.69, 9.17) is 10.1 Å². The van der Waals surface area contributed by atoms with Gasteiger partial charge in [0.15, 0.2) is 17.6 Å². The first-order valence-electron chi connectivity index (χ1n) is 9.21. The lowest BCUT2D eigenvalue weighted by Gasteiger charge is -2.28. The number of carbonyl (C=O) groups is 1. The normalized spacial score (nSPS) is 17.7. The smallest absolute Gasteiger partial charge is 0.255 e. The molecule has 12 heteroatoms. The van der Waals surface area contributed by atoms with Gasteiger partial charge in [0, 0.05) is 38.3 Å². The predicted molar refractivity (Wildman–Crippen MR) is 103 cm³/mol. The van der Waals surface area contributed by atoms with Crippen molar-refractivity contribution < 1.29 is 27.1 Å². The molecule has 31 heavy (non-hydrogen) atoms. The summed E-state index contributed by atoms with van der Waals surface area (Å²) in [5.74, 6) is -7.22. The summed E-state index contributed by atoms with van der Waals surface area (Å²) in [6.07, 6.45) is 0. The third kappa shape index (κ3) is 4.37. The Kier molecular flexibility index (Phi) is 6.27. The molecule has 0 unspecified atom stereocenters. The van der Waals surface area contributed by atoms with Crippen LogP contribution in [0.4, 0.5) is 23.5 Å². The predicted octanol–water partition coefficient (Wildman–Crippen LogP) is 1.94. The Morgan fingerprint density at radius 1 is 1.16 bits per heavy atom. The lowest BCUT2D eigenvalue weighted by atomic mass is 9.96. The lowest BCUT2D eigenvalue weighted by molar-refractivity contribution is -0.128. The van der Waals surface area contributed by atoms with Crippen molar-refractivity contribution in [1.82, 2.24) is 20.2 Å². The summed E-state index contributed by atoms with van der Waals surface area (Å²) in [6.45, 7) is 1.47. The van der Waals surface area contributed by atoms with Gasteiger partial charge >= 0.3 is 0 Å². The van der Waals surface area contributed by atoms with Crippen molar-refractivity contribution in [2.45, 2.75) is 12.8 Å². The summed E-state index contributed by atoms with van der Waals surface area (Å²) in [6, 6.07) is 0.978. The Labute approximate surface area is 175 Å². The minimum Gasteiger partial charge on any atom is -0.479 e. The zero-order chi connectivity index (χ0) is 22.9. The van der Waals surface area contributed by atoms with Crippen LogP contribution >= 0.6 is 0 Å². The van der Waals surface area contributed by atoms with Gasteiger partial charge in [0.2, 0.25) is 17.7 Å². The van der Waals surface area contributed by atoms with Crippen LogP contribution in [0.3, 0.4) is 0 Å². The van der Waals surface area contributed by atoms with E-state index < -0.39 is 35.1 Å². The highest BCUT2D eigenvalue weighted by atomic mass is 19.2. The number of rotatable bonds is 3. The fourth-order valence-electron chi connectivity index (χ4n) is 3.17. The van der Waals surface area contributed by atoms with E-state index in [2.05, 4.69) is 15.3 Å². The number of likely N-dealkylation sites (N-methyl/N-ethyl adjacent to an activating group) is 1. The first kappa shape index (κ1) is 22.2. The number of halogens is 4. The number of ether oxygens (including phenoxy) is 1. The number of hydrogen-bond donors (Lipinski definition) is 2. The molecule has 1 saturated heterocycles. The summed E-state index contributed by atoms with van der Waals surface area (Å²) in [4.78, 5) is 23.5. The Hall–Kier alpha value is -3.44. The number of aromatic nitrogens is 2. The Morgan fingerprint density at radius 3 is 2.52 bits per heavy atom. The maximum absolute atomic E-state index is 14.5. The van der Waals surface area contributed by atoms with Gasteiger partial charge in [0.05, 0.1) is 18.7 Å². The first-order valence-corrected chi connectivity index (χ1v) is 9.21. The Bertz CT molecular complexity index is 1030. The van der Waals surface area contributed by atoms with Gasteiger partial charge in [0.25, 0.3) is 5.88 Å². The van der Waals surface area contributed by atoms with Gasteiger partial charge in [-0.2, -0.15) is 9.37 Å². The lowest BCUT2D eigenvalue weighted by Crippen LogP contribution is -2.44. The van der Waals surface area contributed by atoms with Gasteiger partial charge in [-0.3, -0.25) is 15.1 Å². The second-order valence-corrected chi connectivity index (χ2v) is 6.89. The maximum Gasteiger partial charge on any atom is 0.255 e. The fourth-order valence-corrected chi connectivity index (χ4v) is 3.17. The number of benzene rings is 1. The van der Waals surface area contributed by atoms with Gasteiger partial charge < -0.3 is 15.0 Å². The van der Waals surface area contributed by atoms with Crippen molar-refractivity contribution in [3.63, 3.8) is 0 Å². The maximum atomic E-state index is 14.5. The van der Waals surface area contributed by atoms with E-state index in [-0.39, 0.29) is 48.7 Å². The molecule has 1 aromatic heterocycles. The molecule has 0 spiro atoms. The summed E-state index contributed by atoms with van der Waals surface area (Å²) >= 11 is 0. The minimum atomic E-state index is -1.39. The Morgan fingerprint density at radius 2 is 1.84 bits per heavy atom. The Balaban J connectivity index is 2.11. The molecule has 0 radical (unpaired) electrons. The van der Waals surface area contributed by atoms with Crippen LogP contribution in [0.2, 0.25) is 0 Å². The average Bonchev–Trinajstić information content (AvgIpc) is 2.78. The van der Waals surface area contributed by atoms with Crippen LogP contribution in [-0.2, 0) is 4.79 Å². The van der Waals surface area contributed by atoms with E-state index in [9.17, 15) is 22.4 Å². The minimum absolute atomic E-state index is 0.00516. The van der Waals surface area contributed by atoms with Crippen LogP contribution in [-0.4, -0.2) is 60.5 Å². The number of amides is 1. The molecule has 1 aliphatic rings. The number of guanidine groups is 1. The highest BCUT2D eigenvalue weighted by Crippen LogP contribution is 2.28. The molecule has 166 valence electrons. The van der Waals surface area contributed by atoms with Gasteiger partial charge in [-0.15, -0.1) is 0 Å². The van der Waals surface area contributed by atoms with Crippen LogP contribution in [0.1, 0.15) is 17.2 Å². The molecule has 2 aromatic rings. The number of hydrogen-bond acceptors (Lipinski definition) is 6. The monoisotopic (exact) mass is 440 g/mol. The summed E-state index contributed by atoms with van der Waals surface area (Å²) in [5.41, 5.74) is -0.400. The van der Waals surface area contributed by atoms with E-state index in [1.165, 1.54) is 26.0 Å². The molecule has 1 aliphatic heterocycles. The van der Waals surface area contributed by atoms with Gasteiger partial charge in [0.1, 0.15) is 5.82 Å². The second kappa shape index (κ2) is 8.74. The van der Waals surface area contributed by atoms with Crippen molar-refractivity contribution in [3.8, 4) is 5.88 Å². The molecule has 1 aromatic carbocycles. The van der Waals surface area contributed by atoms with Crippen LogP contribution in [0.25, 0.3) is 0 Å². The van der Waals surface area contributed by atoms with E-state index in [0.29, 0.717) is 12.1 Å². The summed E-state index contributed by atoms with van der Waals surface area (Å²) < 4.78 is 60.9. The number of aryl methyl sites for hydroxylation is 1. The molecule has 1 atom stereocenters. The van der Waals surface area contributed by atoms with E-state index in [0.717, 1.165) is 4.90 Å². The van der Waals surface area contributed by atoms with Crippen molar-refractivity contribution >= 4 is 17.8 Å². The van der Waals surface area contributed by atoms with Crippen molar-refractivity contribution in [3.05, 3.63) is 46.7 Å². The van der Waals surface area contributed by atoms with Crippen LogP contribution in [0, 0.1) is 35.6 Å². The SMILES string of the molecule is COc1nc(N2CCNC(=N)N(C)C(=O)[C@@H](c3cc(F)c(F)cc3F)C2)nc(C)c1F. The summed E-state index contributed by atoms with van der Waals surface area (Å²) in [7, 11) is 2.54. The molecule has 0 bridgehead atoms. The molecule has 2 heterocycles. The van der Waals surface area contributed by atoms with Crippen LogP contribution < -0.4 is 15.0 Å². The quantitative estimate of drug-likeness (QED) is 0.560. The van der Waals surface area contributed by atoms with E-state index >= 15 is 0 Å². The first-order chi connectivity index (χ1) is 14.6. The summed E-state index contributed by atoms with van der Waals surface area (Å²) in [5, 5.41) is 10.7. The van der Waals surface area contributed by atoms with Gasteiger partial charge in [-0.25, -0.2) is 18.2 Å². The highest BCUT2D eigenvalue weighted by molar-refractivity contribution is 5.98. The molecule has 1 amide bonds. The molecule has 2 N–H and O–H groups in total. The molecular formula is C19H20F4N6O2. The molecule has 0 aliphatic carbocycles.